The molecule has 0 aliphatic carbocycles. The van der Waals surface area contributed by atoms with Crippen molar-refractivity contribution in [3.63, 3.8) is 0 Å². The first-order chi connectivity index (χ1) is 6.83. The second-order valence-corrected chi connectivity index (χ2v) is 2.87. The van der Waals surface area contributed by atoms with E-state index in [0.29, 0.717) is 0 Å². The minimum atomic E-state index is -4.76. The van der Waals surface area contributed by atoms with Crippen molar-refractivity contribution in [3.8, 4) is 5.75 Å². The van der Waals surface area contributed by atoms with E-state index in [4.69, 9.17) is 11.5 Å². The average Bonchev–Trinajstić information content (AvgIpc) is 2.07. The quantitative estimate of drug-likeness (QED) is 0.790. The molecule has 7 heteroatoms. The number of ether oxygens (including phenoxy) is 1. The summed E-state index contributed by atoms with van der Waals surface area (Å²) in [5.41, 5.74) is 10.9. The van der Waals surface area contributed by atoms with Gasteiger partial charge in [0.05, 0.1) is 5.69 Å². The van der Waals surface area contributed by atoms with E-state index in [-0.39, 0.29) is 29.4 Å². The van der Waals surface area contributed by atoms with E-state index in [2.05, 4.69) is 9.72 Å². The van der Waals surface area contributed by atoms with Crippen LogP contribution in [0.25, 0.3) is 0 Å². The Hall–Kier alpha value is -1.50. The predicted molar refractivity (Wildman–Crippen MR) is 48.0 cm³/mol. The van der Waals surface area contributed by atoms with Crippen molar-refractivity contribution < 1.29 is 17.9 Å². The van der Waals surface area contributed by atoms with Crippen molar-refractivity contribution in [2.75, 3.05) is 5.73 Å². The van der Waals surface area contributed by atoms with Crippen LogP contribution in [0.2, 0.25) is 0 Å². The summed E-state index contributed by atoms with van der Waals surface area (Å²) in [5, 5.41) is 0. The first-order valence-electron chi connectivity index (χ1n) is 4.05. The number of hydrogen-bond donors (Lipinski definition) is 2. The smallest absolute Gasteiger partial charge is 0.403 e. The van der Waals surface area contributed by atoms with Crippen LogP contribution in [0, 0.1) is 6.92 Å². The summed E-state index contributed by atoms with van der Waals surface area (Å²) in [4.78, 5) is 3.66. The summed E-state index contributed by atoms with van der Waals surface area (Å²) in [6.45, 7) is 1.27. The summed E-state index contributed by atoms with van der Waals surface area (Å²) >= 11 is 0. The third-order valence-corrected chi connectivity index (χ3v) is 1.68. The number of hydrogen-bond acceptors (Lipinski definition) is 4. The first-order valence-corrected chi connectivity index (χ1v) is 4.05. The maximum absolute atomic E-state index is 12.0. The fourth-order valence-electron chi connectivity index (χ4n) is 1.16. The molecule has 84 valence electrons. The van der Waals surface area contributed by atoms with Crippen LogP contribution in [-0.4, -0.2) is 11.3 Å². The Bertz CT molecular complexity index is 365. The van der Waals surface area contributed by atoms with Gasteiger partial charge in [0.1, 0.15) is 5.82 Å². The van der Waals surface area contributed by atoms with Gasteiger partial charge in [0.15, 0.2) is 5.75 Å². The summed E-state index contributed by atoms with van der Waals surface area (Å²) < 4.78 is 39.9. The molecule has 0 unspecified atom stereocenters. The van der Waals surface area contributed by atoms with Gasteiger partial charge in [-0.2, -0.15) is 0 Å². The number of nitrogens with two attached hydrogens (primary N) is 2. The van der Waals surface area contributed by atoms with Crippen LogP contribution in [0.1, 0.15) is 11.3 Å². The molecule has 0 aliphatic heterocycles. The van der Waals surface area contributed by atoms with E-state index in [1.165, 1.54) is 13.0 Å². The summed E-state index contributed by atoms with van der Waals surface area (Å²) in [7, 11) is 0. The van der Waals surface area contributed by atoms with Crippen LogP contribution >= 0.6 is 0 Å². The molecule has 0 amide bonds. The van der Waals surface area contributed by atoms with Gasteiger partial charge in [-0.15, -0.1) is 13.2 Å². The zero-order valence-corrected chi connectivity index (χ0v) is 7.93. The molecule has 0 aromatic carbocycles. The molecule has 4 nitrogen and oxygen atoms in total. The van der Waals surface area contributed by atoms with Gasteiger partial charge in [-0.25, -0.2) is 4.98 Å². The number of alkyl halides is 3. The van der Waals surface area contributed by atoms with E-state index in [1.807, 2.05) is 0 Å². The van der Waals surface area contributed by atoms with Gasteiger partial charge in [0, 0.05) is 12.1 Å². The standard InChI is InChI=1S/C8H10F3N3O/c1-4-7(15-8(9,10)11)5(3-12)2-6(13)14-4/h2H,3,12H2,1H3,(H2,13,14). The maximum Gasteiger partial charge on any atom is 0.573 e. The van der Waals surface area contributed by atoms with Gasteiger partial charge in [0.25, 0.3) is 0 Å². The van der Waals surface area contributed by atoms with Crippen molar-refractivity contribution >= 4 is 5.82 Å². The summed E-state index contributed by atoms with van der Waals surface area (Å²) in [6, 6.07) is 1.26. The minimum Gasteiger partial charge on any atom is -0.403 e. The second-order valence-electron chi connectivity index (χ2n) is 2.87. The lowest BCUT2D eigenvalue weighted by Gasteiger charge is -2.14. The van der Waals surface area contributed by atoms with Crippen LogP contribution in [-0.2, 0) is 6.54 Å². The highest BCUT2D eigenvalue weighted by molar-refractivity contribution is 5.45. The lowest BCUT2D eigenvalue weighted by atomic mass is 10.2. The highest BCUT2D eigenvalue weighted by Crippen LogP contribution is 2.29. The molecule has 0 saturated carbocycles. The SMILES string of the molecule is Cc1nc(N)cc(CN)c1OC(F)(F)F. The Morgan fingerprint density at radius 1 is 1.47 bits per heavy atom. The molecule has 15 heavy (non-hydrogen) atoms. The number of nitrogens with zero attached hydrogens (tertiary/aromatic N) is 1. The van der Waals surface area contributed by atoms with Gasteiger partial charge in [-0.3, -0.25) is 0 Å². The number of rotatable bonds is 2. The number of pyridine rings is 1. The molecule has 1 aromatic heterocycles. The van der Waals surface area contributed by atoms with Crippen LogP contribution in [0.15, 0.2) is 6.07 Å². The predicted octanol–water partition coefficient (Wildman–Crippen LogP) is 1.33. The fraction of sp³-hybridized carbons (Fsp3) is 0.375. The number of halogens is 3. The highest BCUT2D eigenvalue weighted by atomic mass is 19.4. The molecule has 0 spiro atoms. The molecule has 0 aliphatic rings. The van der Waals surface area contributed by atoms with Gasteiger partial charge in [-0.1, -0.05) is 0 Å². The van der Waals surface area contributed by atoms with E-state index < -0.39 is 6.36 Å². The van der Waals surface area contributed by atoms with Crippen LogP contribution in [0.5, 0.6) is 5.75 Å². The zero-order valence-electron chi connectivity index (χ0n) is 7.93. The number of nitrogen functional groups attached to an aromatic ring is 1. The minimum absolute atomic E-state index is 0.0628. The van der Waals surface area contributed by atoms with Crippen LogP contribution in [0.3, 0.4) is 0 Å². The van der Waals surface area contributed by atoms with Crippen LogP contribution < -0.4 is 16.2 Å². The molecular weight excluding hydrogens is 211 g/mol. The van der Waals surface area contributed by atoms with E-state index in [0.717, 1.165) is 0 Å². The Balaban J connectivity index is 3.15. The molecule has 0 bridgehead atoms. The topological polar surface area (TPSA) is 74.2 Å². The molecule has 1 aromatic rings. The molecule has 1 rings (SSSR count). The second kappa shape index (κ2) is 3.93. The number of aromatic nitrogens is 1. The largest absolute Gasteiger partial charge is 0.573 e. The molecular formula is C8H10F3N3O. The Labute approximate surface area is 84.0 Å². The van der Waals surface area contributed by atoms with Crippen molar-refractivity contribution in [1.82, 2.24) is 4.98 Å². The first kappa shape index (κ1) is 11.6. The number of anilines is 1. The van der Waals surface area contributed by atoms with Crippen LogP contribution in [0.4, 0.5) is 19.0 Å². The molecule has 4 N–H and O–H groups in total. The fourth-order valence-corrected chi connectivity index (χ4v) is 1.16. The highest BCUT2D eigenvalue weighted by Gasteiger charge is 2.33. The van der Waals surface area contributed by atoms with Crippen molar-refractivity contribution in [2.24, 2.45) is 5.73 Å². The molecule has 0 fully saturated rings. The number of aryl methyl sites for hydroxylation is 1. The van der Waals surface area contributed by atoms with E-state index in [1.54, 1.807) is 0 Å². The summed E-state index contributed by atoms with van der Waals surface area (Å²) in [5.74, 6) is -0.262. The lowest BCUT2D eigenvalue weighted by molar-refractivity contribution is -0.275. The lowest BCUT2D eigenvalue weighted by Crippen LogP contribution is -2.20. The summed E-state index contributed by atoms with van der Waals surface area (Å²) in [6.07, 6.45) is -4.76. The molecule has 0 saturated heterocycles. The van der Waals surface area contributed by atoms with Crippen molar-refractivity contribution in [2.45, 2.75) is 19.8 Å². The van der Waals surface area contributed by atoms with Crippen molar-refractivity contribution in [3.05, 3.63) is 17.3 Å². The Morgan fingerprint density at radius 3 is 2.53 bits per heavy atom. The monoisotopic (exact) mass is 221 g/mol. The molecule has 0 radical (unpaired) electrons. The normalized spacial score (nSPS) is 11.5. The third-order valence-electron chi connectivity index (χ3n) is 1.68. The Kier molecular flexibility index (Phi) is 3.04. The third kappa shape index (κ3) is 2.98. The molecule has 0 atom stereocenters. The van der Waals surface area contributed by atoms with Gasteiger partial charge < -0.3 is 16.2 Å². The van der Waals surface area contributed by atoms with Gasteiger partial charge >= 0.3 is 6.36 Å². The van der Waals surface area contributed by atoms with Crippen molar-refractivity contribution in [1.29, 1.82) is 0 Å². The zero-order chi connectivity index (χ0) is 11.6. The molecule has 1 heterocycles. The Morgan fingerprint density at radius 2 is 2.07 bits per heavy atom. The van der Waals surface area contributed by atoms with Gasteiger partial charge in [-0.05, 0) is 13.0 Å². The van der Waals surface area contributed by atoms with E-state index in [9.17, 15) is 13.2 Å². The maximum atomic E-state index is 12.0. The van der Waals surface area contributed by atoms with Gasteiger partial charge in [0.2, 0.25) is 0 Å². The average molecular weight is 221 g/mol. The van der Waals surface area contributed by atoms with E-state index >= 15 is 0 Å².